The average Bonchev–Trinajstić information content (AvgIpc) is 2.53. The van der Waals surface area contributed by atoms with Gasteiger partial charge >= 0.3 is 0 Å². The molecule has 1 atom stereocenters. The lowest BCUT2D eigenvalue weighted by atomic mass is 9.92. The summed E-state index contributed by atoms with van der Waals surface area (Å²) in [5.41, 5.74) is 1.96. The summed E-state index contributed by atoms with van der Waals surface area (Å²) < 4.78 is 29.1. The van der Waals surface area contributed by atoms with E-state index in [4.69, 9.17) is 14.2 Å². The maximum atomic E-state index is 13.1. The van der Waals surface area contributed by atoms with Gasteiger partial charge in [0.05, 0.1) is 21.3 Å². The second-order valence-corrected chi connectivity index (χ2v) is 4.72. The van der Waals surface area contributed by atoms with Gasteiger partial charge in [0, 0.05) is 17.5 Å². The zero-order valence-electron chi connectivity index (χ0n) is 12.6. The SMILES string of the molecule is COc1cc(OC)c(C(C)c2ccc(F)cc2)cc1OC. The fourth-order valence-corrected chi connectivity index (χ4v) is 2.32. The molecule has 21 heavy (non-hydrogen) atoms. The number of hydrogen-bond acceptors (Lipinski definition) is 3. The summed E-state index contributed by atoms with van der Waals surface area (Å²) in [7, 11) is 4.79. The number of methoxy groups -OCH3 is 3. The van der Waals surface area contributed by atoms with Crippen LogP contribution in [-0.2, 0) is 0 Å². The molecule has 0 N–H and O–H groups in total. The first-order valence-electron chi connectivity index (χ1n) is 6.66. The number of benzene rings is 2. The summed E-state index contributed by atoms with van der Waals surface area (Å²) in [6.07, 6.45) is 0. The minimum atomic E-state index is -0.245. The molecule has 3 nitrogen and oxygen atoms in total. The molecule has 2 aromatic carbocycles. The molecule has 0 heterocycles. The van der Waals surface area contributed by atoms with Crippen molar-refractivity contribution in [3.05, 3.63) is 53.3 Å². The van der Waals surface area contributed by atoms with Gasteiger partial charge in [0.25, 0.3) is 0 Å². The molecule has 0 spiro atoms. The summed E-state index contributed by atoms with van der Waals surface area (Å²) in [5.74, 6) is 1.77. The van der Waals surface area contributed by atoms with Gasteiger partial charge in [0.15, 0.2) is 11.5 Å². The number of rotatable bonds is 5. The zero-order valence-corrected chi connectivity index (χ0v) is 12.6. The summed E-state index contributed by atoms with van der Waals surface area (Å²) in [4.78, 5) is 0. The van der Waals surface area contributed by atoms with Crippen LogP contribution in [0.1, 0.15) is 24.0 Å². The van der Waals surface area contributed by atoms with Crippen molar-refractivity contribution in [3.8, 4) is 17.2 Å². The van der Waals surface area contributed by atoms with Crippen LogP contribution in [0.25, 0.3) is 0 Å². The molecule has 0 aromatic heterocycles. The van der Waals surface area contributed by atoms with E-state index in [1.807, 2.05) is 13.0 Å². The van der Waals surface area contributed by atoms with Crippen LogP contribution in [0.5, 0.6) is 17.2 Å². The highest BCUT2D eigenvalue weighted by Crippen LogP contribution is 2.40. The van der Waals surface area contributed by atoms with Gasteiger partial charge in [0.2, 0.25) is 0 Å². The summed E-state index contributed by atoms with van der Waals surface area (Å²) in [5, 5.41) is 0. The molecule has 0 saturated heterocycles. The van der Waals surface area contributed by atoms with Crippen molar-refractivity contribution in [2.75, 3.05) is 21.3 Å². The third-order valence-electron chi connectivity index (χ3n) is 3.57. The predicted octanol–water partition coefficient (Wildman–Crippen LogP) is 4.00. The fourth-order valence-electron chi connectivity index (χ4n) is 2.32. The van der Waals surface area contributed by atoms with Crippen LogP contribution in [0, 0.1) is 5.82 Å². The van der Waals surface area contributed by atoms with E-state index >= 15 is 0 Å². The van der Waals surface area contributed by atoms with Crippen LogP contribution >= 0.6 is 0 Å². The highest BCUT2D eigenvalue weighted by atomic mass is 19.1. The Morgan fingerprint density at radius 1 is 0.810 bits per heavy atom. The normalized spacial score (nSPS) is 11.9. The smallest absolute Gasteiger partial charge is 0.164 e. The lowest BCUT2D eigenvalue weighted by Gasteiger charge is -2.19. The Balaban J connectivity index is 2.48. The van der Waals surface area contributed by atoms with E-state index in [-0.39, 0.29) is 11.7 Å². The van der Waals surface area contributed by atoms with Gasteiger partial charge in [-0.3, -0.25) is 0 Å². The van der Waals surface area contributed by atoms with Gasteiger partial charge in [-0.15, -0.1) is 0 Å². The van der Waals surface area contributed by atoms with Crippen molar-refractivity contribution in [1.82, 2.24) is 0 Å². The van der Waals surface area contributed by atoms with Gasteiger partial charge < -0.3 is 14.2 Å². The monoisotopic (exact) mass is 290 g/mol. The Labute approximate surface area is 124 Å². The molecule has 1 unspecified atom stereocenters. The van der Waals surface area contributed by atoms with E-state index in [0.29, 0.717) is 17.2 Å². The maximum absolute atomic E-state index is 13.1. The van der Waals surface area contributed by atoms with Crippen LogP contribution in [0.15, 0.2) is 36.4 Å². The minimum absolute atomic E-state index is 0.0420. The molecule has 0 aliphatic heterocycles. The van der Waals surface area contributed by atoms with E-state index in [0.717, 1.165) is 11.1 Å². The van der Waals surface area contributed by atoms with Crippen LogP contribution in [0.2, 0.25) is 0 Å². The van der Waals surface area contributed by atoms with Gasteiger partial charge in [-0.25, -0.2) is 4.39 Å². The molecule has 0 radical (unpaired) electrons. The molecule has 0 saturated carbocycles. The van der Waals surface area contributed by atoms with Crippen molar-refractivity contribution in [3.63, 3.8) is 0 Å². The zero-order chi connectivity index (χ0) is 15.4. The van der Waals surface area contributed by atoms with E-state index in [1.165, 1.54) is 12.1 Å². The van der Waals surface area contributed by atoms with Crippen LogP contribution in [-0.4, -0.2) is 21.3 Å². The quantitative estimate of drug-likeness (QED) is 0.833. The third-order valence-corrected chi connectivity index (χ3v) is 3.57. The van der Waals surface area contributed by atoms with E-state index in [2.05, 4.69) is 0 Å². The Morgan fingerprint density at radius 2 is 1.33 bits per heavy atom. The topological polar surface area (TPSA) is 27.7 Å². The van der Waals surface area contributed by atoms with Crippen molar-refractivity contribution in [1.29, 1.82) is 0 Å². The number of ether oxygens (including phenoxy) is 3. The lowest BCUT2D eigenvalue weighted by molar-refractivity contribution is 0.347. The minimum Gasteiger partial charge on any atom is -0.496 e. The molecular weight excluding hydrogens is 271 g/mol. The van der Waals surface area contributed by atoms with Gasteiger partial charge in [-0.1, -0.05) is 19.1 Å². The van der Waals surface area contributed by atoms with Gasteiger partial charge in [-0.2, -0.15) is 0 Å². The molecule has 4 heteroatoms. The Hall–Kier alpha value is -2.23. The van der Waals surface area contributed by atoms with Crippen molar-refractivity contribution >= 4 is 0 Å². The standard InChI is InChI=1S/C17H19FO3/c1-11(12-5-7-13(18)8-6-12)14-9-16(20-3)17(21-4)10-15(14)19-2/h5-11H,1-4H3. The molecule has 0 fully saturated rings. The molecule has 0 amide bonds. The highest BCUT2D eigenvalue weighted by molar-refractivity contribution is 5.53. The molecule has 2 aromatic rings. The second-order valence-electron chi connectivity index (χ2n) is 4.72. The van der Waals surface area contributed by atoms with Crippen molar-refractivity contribution in [2.24, 2.45) is 0 Å². The maximum Gasteiger partial charge on any atom is 0.164 e. The Kier molecular flexibility index (Phi) is 4.68. The first-order chi connectivity index (χ1) is 10.1. The largest absolute Gasteiger partial charge is 0.496 e. The van der Waals surface area contributed by atoms with Crippen LogP contribution in [0.3, 0.4) is 0 Å². The third kappa shape index (κ3) is 3.10. The van der Waals surface area contributed by atoms with Crippen molar-refractivity contribution < 1.29 is 18.6 Å². The Morgan fingerprint density at radius 3 is 1.86 bits per heavy atom. The summed E-state index contributed by atoms with van der Waals surface area (Å²) >= 11 is 0. The van der Waals surface area contributed by atoms with Gasteiger partial charge in [-0.05, 0) is 23.8 Å². The molecule has 112 valence electrons. The molecule has 0 bridgehead atoms. The average molecular weight is 290 g/mol. The lowest BCUT2D eigenvalue weighted by Crippen LogP contribution is -2.02. The van der Waals surface area contributed by atoms with Gasteiger partial charge in [0.1, 0.15) is 11.6 Å². The molecule has 2 rings (SSSR count). The molecular formula is C17H19FO3. The number of halogens is 1. The van der Waals surface area contributed by atoms with E-state index in [9.17, 15) is 4.39 Å². The first-order valence-corrected chi connectivity index (χ1v) is 6.66. The Bertz CT molecular complexity index is 608. The molecule has 0 aliphatic carbocycles. The summed E-state index contributed by atoms with van der Waals surface area (Å²) in [6, 6.07) is 10.2. The highest BCUT2D eigenvalue weighted by Gasteiger charge is 2.18. The van der Waals surface area contributed by atoms with E-state index in [1.54, 1.807) is 39.5 Å². The van der Waals surface area contributed by atoms with Crippen LogP contribution in [0.4, 0.5) is 4.39 Å². The molecule has 0 aliphatic rings. The predicted molar refractivity (Wildman–Crippen MR) is 80.0 cm³/mol. The fraction of sp³-hybridized carbons (Fsp3) is 0.294. The van der Waals surface area contributed by atoms with E-state index < -0.39 is 0 Å². The first kappa shape index (κ1) is 15.2. The second kappa shape index (κ2) is 6.48. The van der Waals surface area contributed by atoms with Crippen molar-refractivity contribution in [2.45, 2.75) is 12.8 Å². The summed E-state index contributed by atoms with van der Waals surface area (Å²) in [6.45, 7) is 2.04. The van der Waals surface area contributed by atoms with Crippen LogP contribution < -0.4 is 14.2 Å². The number of hydrogen-bond donors (Lipinski definition) is 0.